The number of Topliss-reactive ketones (excluding diaryl/α,β-unsaturated/α-hetero) is 1. The zero-order chi connectivity index (χ0) is 33.1. The van der Waals surface area contributed by atoms with Gasteiger partial charge < -0.3 is 19.3 Å². The van der Waals surface area contributed by atoms with E-state index in [1.165, 1.54) is 22.7 Å². The third-order valence-corrected chi connectivity index (χ3v) is 9.97. The van der Waals surface area contributed by atoms with Crippen molar-refractivity contribution < 1.29 is 33.3 Å². The highest BCUT2D eigenvalue weighted by Gasteiger charge is 2.48. The van der Waals surface area contributed by atoms with E-state index in [9.17, 15) is 19.1 Å². The fraction of sp³-hybridized carbons (Fsp3) is 0.314. The predicted octanol–water partition coefficient (Wildman–Crippen LogP) is 7.50. The first kappa shape index (κ1) is 32.5. The molecule has 9 nitrogen and oxygen atoms in total. The van der Waals surface area contributed by atoms with Gasteiger partial charge in [0.05, 0.1) is 24.8 Å². The largest absolute Gasteiger partial charge is 0.507 e. The van der Waals surface area contributed by atoms with Gasteiger partial charge in [-0.25, -0.2) is 4.39 Å². The fourth-order valence-electron chi connectivity index (χ4n) is 5.59. The van der Waals surface area contributed by atoms with Crippen LogP contribution in [0.4, 0.5) is 9.52 Å². The maximum atomic E-state index is 14.2. The van der Waals surface area contributed by atoms with Crippen LogP contribution in [0.3, 0.4) is 0 Å². The van der Waals surface area contributed by atoms with E-state index in [0.717, 1.165) is 35.5 Å². The molecule has 1 aromatic heterocycles. The summed E-state index contributed by atoms with van der Waals surface area (Å²) in [6.45, 7) is 6.76. The van der Waals surface area contributed by atoms with Gasteiger partial charge in [0.1, 0.15) is 23.4 Å². The molecule has 2 aliphatic heterocycles. The van der Waals surface area contributed by atoms with Crippen LogP contribution in [-0.2, 0) is 21.8 Å². The maximum absolute atomic E-state index is 14.2. The van der Waals surface area contributed by atoms with E-state index in [2.05, 4.69) is 17.1 Å². The Morgan fingerprint density at radius 1 is 1.09 bits per heavy atom. The molecule has 1 amide bonds. The normalized spacial score (nSPS) is 18.3. The summed E-state index contributed by atoms with van der Waals surface area (Å²) in [5.41, 5.74) is 2.24. The lowest BCUT2D eigenvalue weighted by molar-refractivity contribution is -0.132. The molecule has 0 radical (unpaired) electrons. The van der Waals surface area contributed by atoms with E-state index >= 15 is 0 Å². The molecule has 2 atom stereocenters. The number of halogens is 1. The van der Waals surface area contributed by atoms with Crippen LogP contribution in [0, 0.1) is 5.82 Å². The summed E-state index contributed by atoms with van der Waals surface area (Å²) in [6.07, 6.45) is 2.48. The van der Waals surface area contributed by atoms with Crippen LogP contribution in [-0.4, -0.2) is 46.3 Å². The number of unbranched alkanes of at least 4 members (excludes halogenated alkanes) is 1. The molecule has 0 saturated carbocycles. The van der Waals surface area contributed by atoms with Crippen LogP contribution >= 0.6 is 23.1 Å². The van der Waals surface area contributed by atoms with Gasteiger partial charge in [0, 0.05) is 17.7 Å². The zero-order valence-electron chi connectivity index (χ0n) is 26.2. The molecule has 1 N–H and O–H groups in total. The number of hydrogen-bond acceptors (Lipinski definition) is 10. The standard InChI is InChI=1S/C35H34FN3O6S2/c1-4-6-15-44-27-14-11-21(18-28(27)43-5-2)30-29(31(40)22-12-13-26-24(17-22)16-20(3)45-26)32(41)33(42)39(30)34-37-38-35(47-34)46-19-23-9-7-8-10-25(23)36/h7-14,17-18,20,30,40H,4-6,15-16,19H2,1-3H3/b31-29-. The van der Waals surface area contributed by atoms with Gasteiger partial charge in [0.25, 0.3) is 5.78 Å². The van der Waals surface area contributed by atoms with Crippen molar-refractivity contribution in [1.82, 2.24) is 10.2 Å². The molecule has 0 spiro atoms. The van der Waals surface area contributed by atoms with E-state index in [1.807, 2.05) is 13.8 Å². The van der Waals surface area contributed by atoms with Crippen molar-refractivity contribution >= 4 is 45.7 Å². The topological polar surface area (TPSA) is 111 Å². The molecule has 47 heavy (non-hydrogen) atoms. The van der Waals surface area contributed by atoms with E-state index in [1.54, 1.807) is 54.6 Å². The van der Waals surface area contributed by atoms with Crippen molar-refractivity contribution in [2.45, 2.75) is 62.3 Å². The lowest BCUT2D eigenvalue weighted by Crippen LogP contribution is -2.29. The molecular formula is C35H34FN3O6S2. The number of nitrogens with zero attached hydrogens (tertiary/aromatic N) is 3. The zero-order valence-corrected chi connectivity index (χ0v) is 27.8. The number of carbonyl (C=O) groups excluding carboxylic acids is 2. The molecule has 4 aromatic rings. The number of rotatable bonds is 12. The van der Waals surface area contributed by atoms with Crippen molar-refractivity contribution in [3.63, 3.8) is 0 Å². The Kier molecular flexibility index (Phi) is 9.79. The van der Waals surface area contributed by atoms with Crippen LogP contribution in [0.5, 0.6) is 17.2 Å². The van der Waals surface area contributed by atoms with Crippen LogP contribution in [0.15, 0.2) is 70.6 Å². The average Bonchev–Trinajstić information content (AvgIpc) is 3.76. The monoisotopic (exact) mass is 675 g/mol. The van der Waals surface area contributed by atoms with Crippen LogP contribution < -0.4 is 19.1 Å². The number of anilines is 1. The molecule has 244 valence electrons. The Morgan fingerprint density at radius 3 is 2.70 bits per heavy atom. The quantitative estimate of drug-likeness (QED) is 0.0408. The Hall–Kier alpha value is -4.42. The molecule has 2 unspecified atom stereocenters. The Labute approximate surface area is 280 Å². The summed E-state index contributed by atoms with van der Waals surface area (Å²) >= 11 is 2.39. The summed E-state index contributed by atoms with van der Waals surface area (Å²) < 4.78 is 32.5. The molecule has 1 fully saturated rings. The Balaban J connectivity index is 1.42. The van der Waals surface area contributed by atoms with Crippen molar-refractivity contribution in [1.29, 1.82) is 0 Å². The second-order valence-electron chi connectivity index (χ2n) is 11.2. The van der Waals surface area contributed by atoms with Gasteiger partial charge in [-0.3, -0.25) is 14.5 Å². The minimum atomic E-state index is -1.04. The highest BCUT2D eigenvalue weighted by Crippen LogP contribution is 2.46. The summed E-state index contributed by atoms with van der Waals surface area (Å²) in [6, 6.07) is 15.9. The Morgan fingerprint density at radius 2 is 1.91 bits per heavy atom. The van der Waals surface area contributed by atoms with Gasteiger partial charge >= 0.3 is 5.91 Å². The van der Waals surface area contributed by atoms with Crippen LogP contribution in [0.2, 0.25) is 0 Å². The van der Waals surface area contributed by atoms with E-state index in [-0.39, 0.29) is 28.4 Å². The molecule has 0 bridgehead atoms. The average molecular weight is 676 g/mol. The summed E-state index contributed by atoms with van der Waals surface area (Å²) in [5, 5.41) is 20.4. The summed E-state index contributed by atoms with van der Waals surface area (Å²) in [5.74, 6) is -0.312. The smallest absolute Gasteiger partial charge is 0.301 e. The number of aromatic nitrogens is 2. The van der Waals surface area contributed by atoms with Crippen LogP contribution in [0.25, 0.3) is 5.76 Å². The summed E-state index contributed by atoms with van der Waals surface area (Å²) in [4.78, 5) is 28.9. The molecule has 0 aliphatic carbocycles. The number of amides is 1. The first-order valence-electron chi connectivity index (χ1n) is 15.5. The lowest BCUT2D eigenvalue weighted by atomic mass is 9.94. The molecule has 1 saturated heterocycles. The fourth-order valence-corrected chi connectivity index (χ4v) is 7.45. The van der Waals surface area contributed by atoms with Crippen molar-refractivity contribution in [2.24, 2.45) is 0 Å². The van der Waals surface area contributed by atoms with Crippen molar-refractivity contribution in [3.8, 4) is 17.2 Å². The van der Waals surface area contributed by atoms with Crippen molar-refractivity contribution in [3.05, 3.63) is 94.3 Å². The number of ketones is 1. The number of aliphatic hydroxyl groups is 1. The van der Waals surface area contributed by atoms with Gasteiger partial charge in [-0.05, 0) is 73.4 Å². The van der Waals surface area contributed by atoms with E-state index in [0.29, 0.717) is 57.9 Å². The van der Waals surface area contributed by atoms with Crippen molar-refractivity contribution in [2.75, 3.05) is 18.1 Å². The van der Waals surface area contributed by atoms with Crippen LogP contribution in [0.1, 0.15) is 61.9 Å². The minimum Gasteiger partial charge on any atom is -0.507 e. The number of carbonyl (C=O) groups is 2. The Bertz CT molecular complexity index is 1840. The highest BCUT2D eigenvalue weighted by atomic mass is 32.2. The molecule has 12 heteroatoms. The van der Waals surface area contributed by atoms with Gasteiger partial charge in [-0.1, -0.05) is 60.7 Å². The molecular weight excluding hydrogens is 642 g/mol. The first-order valence-corrected chi connectivity index (χ1v) is 17.3. The second-order valence-corrected chi connectivity index (χ2v) is 13.4. The molecule has 2 aliphatic rings. The van der Waals surface area contributed by atoms with Gasteiger partial charge in [0.15, 0.2) is 15.8 Å². The lowest BCUT2D eigenvalue weighted by Gasteiger charge is -2.23. The van der Waals surface area contributed by atoms with Gasteiger partial charge in [-0.2, -0.15) is 0 Å². The number of benzene rings is 3. The predicted molar refractivity (Wildman–Crippen MR) is 179 cm³/mol. The SMILES string of the molecule is CCCCOc1ccc(C2/C(=C(/O)c3ccc4c(c3)CC(C)O4)C(=O)C(=O)N2c2nnc(SCc3ccccc3F)s2)cc1OCC. The summed E-state index contributed by atoms with van der Waals surface area (Å²) in [7, 11) is 0. The number of aliphatic hydroxyl groups excluding tert-OH is 1. The van der Waals surface area contributed by atoms with Gasteiger partial charge in [0.2, 0.25) is 5.13 Å². The molecule has 6 rings (SSSR count). The van der Waals surface area contributed by atoms with E-state index < -0.39 is 17.7 Å². The molecule has 3 aromatic carbocycles. The number of thioether (sulfide) groups is 1. The first-order chi connectivity index (χ1) is 22.8. The second kappa shape index (κ2) is 14.1. The number of hydrogen-bond donors (Lipinski definition) is 1. The maximum Gasteiger partial charge on any atom is 0.301 e. The number of ether oxygens (including phenoxy) is 3. The van der Waals surface area contributed by atoms with E-state index in [4.69, 9.17) is 14.2 Å². The minimum absolute atomic E-state index is 0.00845. The number of fused-ring (bicyclic) bond motifs is 1. The third kappa shape index (κ3) is 6.70. The molecule has 3 heterocycles. The highest BCUT2D eigenvalue weighted by molar-refractivity contribution is 8.00. The third-order valence-electron chi connectivity index (χ3n) is 7.86. The van der Waals surface area contributed by atoms with Gasteiger partial charge in [-0.15, -0.1) is 10.2 Å².